The van der Waals surface area contributed by atoms with E-state index < -0.39 is 6.10 Å². The predicted octanol–water partition coefficient (Wildman–Crippen LogP) is 6.36. The second kappa shape index (κ2) is 13.9. The molecule has 0 amide bonds. The molecule has 4 aromatic carbocycles. The lowest BCUT2D eigenvalue weighted by molar-refractivity contribution is 0.104. The molecule has 1 aromatic heterocycles. The van der Waals surface area contributed by atoms with Gasteiger partial charge in [0.15, 0.2) is 5.43 Å². The van der Waals surface area contributed by atoms with Crippen molar-refractivity contribution in [3.8, 4) is 28.6 Å². The number of benzene rings is 4. The molecule has 1 atom stereocenters. The van der Waals surface area contributed by atoms with Crippen LogP contribution in [0.2, 0.25) is 0 Å². The maximum absolute atomic E-state index is 13.1. The van der Waals surface area contributed by atoms with Crippen LogP contribution in [-0.4, -0.2) is 30.4 Å². The maximum atomic E-state index is 13.1. The average Bonchev–Trinajstić information content (AvgIpc) is 3.01. The Kier molecular flexibility index (Phi) is 9.54. The van der Waals surface area contributed by atoms with Crippen LogP contribution in [0.3, 0.4) is 0 Å². The Hall–Kier alpha value is -4.59. The summed E-state index contributed by atoms with van der Waals surface area (Å²) in [7, 11) is 0. The van der Waals surface area contributed by atoms with Crippen molar-refractivity contribution in [1.82, 2.24) is 5.32 Å². The molecule has 5 rings (SSSR count). The number of nitrogens with one attached hydrogen (secondary N) is 1. The summed E-state index contributed by atoms with van der Waals surface area (Å²) in [5.41, 5.74) is 2.91. The molecule has 0 radical (unpaired) electrons. The molecule has 2 N–H and O–H groups in total. The van der Waals surface area contributed by atoms with Crippen LogP contribution in [0, 0.1) is 0 Å². The summed E-state index contributed by atoms with van der Waals surface area (Å²) in [6, 6.07) is 32.1. The number of rotatable bonds is 13. The Balaban J connectivity index is 1.41. The van der Waals surface area contributed by atoms with Gasteiger partial charge in [0.2, 0.25) is 0 Å². The van der Waals surface area contributed by atoms with Crippen LogP contribution in [0.25, 0.3) is 22.3 Å². The van der Waals surface area contributed by atoms with Crippen LogP contribution in [0.4, 0.5) is 0 Å². The minimum absolute atomic E-state index is 0.109. The molecule has 0 fully saturated rings. The van der Waals surface area contributed by atoms with Crippen molar-refractivity contribution in [1.29, 1.82) is 0 Å². The van der Waals surface area contributed by atoms with Gasteiger partial charge in [0, 0.05) is 36.3 Å². The van der Waals surface area contributed by atoms with Crippen molar-refractivity contribution in [3.05, 3.63) is 124 Å². The second-order valence-electron chi connectivity index (χ2n) is 10.4. The van der Waals surface area contributed by atoms with Crippen LogP contribution in [0.5, 0.6) is 17.2 Å². The van der Waals surface area contributed by atoms with Gasteiger partial charge in [-0.1, -0.05) is 74.5 Å². The van der Waals surface area contributed by atoms with Gasteiger partial charge in [0.1, 0.15) is 54.5 Å². The quantitative estimate of drug-likeness (QED) is 0.172. The highest BCUT2D eigenvalue weighted by atomic mass is 16.5. The molecule has 0 saturated carbocycles. The first kappa shape index (κ1) is 28.9. The third-order valence-electron chi connectivity index (χ3n) is 6.57. The predicted molar refractivity (Wildman–Crippen MR) is 164 cm³/mol. The molecule has 0 saturated heterocycles. The molecule has 0 bridgehead atoms. The Morgan fingerprint density at radius 1 is 0.738 bits per heavy atom. The van der Waals surface area contributed by atoms with E-state index in [-0.39, 0.29) is 18.1 Å². The van der Waals surface area contributed by atoms with Gasteiger partial charge in [0.05, 0.1) is 5.39 Å². The molecule has 0 aliphatic rings. The van der Waals surface area contributed by atoms with Crippen LogP contribution in [0.1, 0.15) is 25.0 Å². The molecule has 216 valence electrons. The Labute approximate surface area is 245 Å². The van der Waals surface area contributed by atoms with Crippen LogP contribution in [0.15, 0.2) is 112 Å². The highest BCUT2D eigenvalue weighted by Gasteiger charge is 2.13. The van der Waals surface area contributed by atoms with Crippen LogP contribution in [-0.2, 0) is 13.2 Å². The zero-order valence-electron chi connectivity index (χ0n) is 23.8. The fourth-order valence-corrected chi connectivity index (χ4v) is 4.35. The minimum Gasteiger partial charge on any atom is -0.491 e. The lowest BCUT2D eigenvalue weighted by atomic mass is 10.1. The van der Waals surface area contributed by atoms with Crippen molar-refractivity contribution < 1.29 is 23.7 Å². The van der Waals surface area contributed by atoms with Crippen molar-refractivity contribution in [2.45, 2.75) is 39.2 Å². The average molecular weight is 566 g/mol. The van der Waals surface area contributed by atoms with Gasteiger partial charge in [-0.3, -0.25) is 4.79 Å². The van der Waals surface area contributed by atoms with E-state index >= 15 is 0 Å². The summed E-state index contributed by atoms with van der Waals surface area (Å²) < 4.78 is 24.3. The van der Waals surface area contributed by atoms with Gasteiger partial charge in [-0.2, -0.15) is 0 Å². The Morgan fingerprint density at radius 3 is 1.95 bits per heavy atom. The molecule has 0 aliphatic heterocycles. The first-order valence-corrected chi connectivity index (χ1v) is 14.0. The topological polar surface area (TPSA) is 90.2 Å². The fourth-order valence-electron chi connectivity index (χ4n) is 4.35. The number of aliphatic hydroxyl groups excluding tert-OH is 1. The summed E-state index contributed by atoms with van der Waals surface area (Å²) in [4.78, 5) is 13.1. The van der Waals surface area contributed by atoms with Crippen molar-refractivity contribution in [2.75, 3.05) is 13.2 Å². The standard InChI is InChI=1S/C35H35NO6/c1-24(2)36-20-28(37)23-41-29-13-14-32-33(38)19-34(42-35(32)18-29)27-15-30(39-21-25-9-5-3-6-10-25)17-31(16-27)40-22-26-11-7-4-8-12-26/h3-19,24,28,36-37H,20-23H2,1-2H3/t28-/m1/s1. The van der Waals surface area contributed by atoms with Gasteiger partial charge in [-0.05, 0) is 35.4 Å². The SMILES string of the molecule is CC(C)NC[C@@H](O)COc1ccc2c(=O)cc(-c3cc(OCc4ccccc4)cc(OCc4ccccc4)c3)oc2c1. The number of hydrogen-bond acceptors (Lipinski definition) is 7. The highest BCUT2D eigenvalue weighted by molar-refractivity contribution is 5.80. The highest BCUT2D eigenvalue weighted by Crippen LogP contribution is 2.32. The van der Waals surface area contributed by atoms with E-state index in [9.17, 15) is 9.90 Å². The van der Waals surface area contributed by atoms with E-state index in [1.807, 2.05) is 92.7 Å². The summed E-state index contributed by atoms with van der Waals surface area (Å²) in [5.74, 6) is 2.05. The third-order valence-corrected chi connectivity index (χ3v) is 6.57. The third kappa shape index (κ3) is 8.00. The molecular weight excluding hydrogens is 530 g/mol. The lowest BCUT2D eigenvalue weighted by Crippen LogP contribution is -2.35. The molecule has 7 heteroatoms. The Morgan fingerprint density at radius 2 is 1.36 bits per heavy atom. The summed E-state index contributed by atoms with van der Waals surface area (Å²) >= 11 is 0. The Bertz CT molecular complexity index is 1590. The van der Waals surface area contributed by atoms with Gasteiger partial charge in [-0.25, -0.2) is 0 Å². The van der Waals surface area contributed by atoms with E-state index in [2.05, 4.69) is 5.32 Å². The summed E-state index contributed by atoms with van der Waals surface area (Å²) in [6.07, 6.45) is -0.672. The van der Waals surface area contributed by atoms with Crippen molar-refractivity contribution >= 4 is 11.0 Å². The molecule has 5 aromatic rings. The monoisotopic (exact) mass is 565 g/mol. The molecule has 0 spiro atoms. The van der Waals surface area contributed by atoms with Gasteiger partial charge < -0.3 is 29.1 Å². The molecular formula is C35H35NO6. The van der Waals surface area contributed by atoms with Crippen molar-refractivity contribution in [3.63, 3.8) is 0 Å². The number of hydrogen-bond donors (Lipinski definition) is 2. The van der Waals surface area contributed by atoms with Crippen LogP contribution >= 0.6 is 0 Å². The maximum Gasteiger partial charge on any atom is 0.193 e. The largest absolute Gasteiger partial charge is 0.491 e. The number of ether oxygens (including phenoxy) is 3. The van der Waals surface area contributed by atoms with E-state index in [1.165, 1.54) is 6.07 Å². The normalized spacial score (nSPS) is 11.9. The number of fused-ring (bicyclic) bond motifs is 1. The molecule has 0 aliphatic carbocycles. The van der Waals surface area contributed by atoms with Crippen molar-refractivity contribution in [2.24, 2.45) is 0 Å². The van der Waals surface area contributed by atoms with Gasteiger partial charge in [0.25, 0.3) is 0 Å². The van der Waals surface area contributed by atoms with Crippen LogP contribution < -0.4 is 25.0 Å². The van der Waals surface area contributed by atoms with E-state index in [0.29, 0.717) is 59.3 Å². The fraction of sp³-hybridized carbons (Fsp3) is 0.229. The smallest absolute Gasteiger partial charge is 0.193 e. The number of aliphatic hydroxyl groups is 1. The summed E-state index contributed by atoms with van der Waals surface area (Å²) in [5, 5.41) is 13.8. The van der Waals surface area contributed by atoms with E-state index in [1.54, 1.807) is 18.2 Å². The molecule has 0 unspecified atom stereocenters. The first-order chi connectivity index (χ1) is 20.4. The first-order valence-electron chi connectivity index (χ1n) is 14.0. The molecule has 42 heavy (non-hydrogen) atoms. The minimum atomic E-state index is -0.672. The van der Waals surface area contributed by atoms with E-state index in [4.69, 9.17) is 18.6 Å². The van der Waals surface area contributed by atoms with Gasteiger partial charge in [-0.15, -0.1) is 0 Å². The van der Waals surface area contributed by atoms with Gasteiger partial charge >= 0.3 is 0 Å². The zero-order valence-corrected chi connectivity index (χ0v) is 23.8. The zero-order chi connectivity index (χ0) is 29.3. The second-order valence-corrected chi connectivity index (χ2v) is 10.4. The summed E-state index contributed by atoms with van der Waals surface area (Å²) in [6.45, 7) is 5.31. The lowest BCUT2D eigenvalue weighted by Gasteiger charge is -2.15. The molecule has 1 heterocycles. The van der Waals surface area contributed by atoms with E-state index in [0.717, 1.165) is 11.1 Å². The molecule has 7 nitrogen and oxygen atoms in total.